The smallest absolute Gasteiger partial charge is 0.303 e. The molecule has 1 N–H and O–H groups in total. The van der Waals surface area contributed by atoms with Gasteiger partial charge in [-0.05, 0) is 19.1 Å². The Morgan fingerprint density at radius 1 is 0.824 bits per heavy atom. The highest BCUT2D eigenvalue weighted by Gasteiger charge is 2.53. The maximum Gasteiger partial charge on any atom is 0.303 e. The van der Waals surface area contributed by atoms with E-state index in [-0.39, 0.29) is 22.8 Å². The molecular formula is C22H26O12. The van der Waals surface area contributed by atoms with E-state index in [9.17, 15) is 29.1 Å². The summed E-state index contributed by atoms with van der Waals surface area (Å²) in [5.41, 5.74) is 0.0499. The van der Waals surface area contributed by atoms with Crippen molar-refractivity contribution in [3.63, 3.8) is 0 Å². The van der Waals surface area contributed by atoms with Crippen molar-refractivity contribution in [1.29, 1.82) is 0 Å². The van der Waals surface area contributed by atoms with Crippen LogP contribution in [0.1, 0.15) is 45.0 Å². The van der Waals surface area contributed by atoms with E-state index < -0.39 is 61.2 Å². The number of rotatable bonds is 8. The summed E-state index contributed by atoms with van der Waals surface area (Å²) in [7, 11) is 0. The summed E-state index contributed by atoms with van der Waals surface area (Å²) in [6.07, 6.45) is -6.77. The number of phenolic OH excluding ortho intramolecular Hbond substituents is 1. The van der Waals surface area contributed by atoms with Crippen molar-refractivity contribution < 1.29 is 57.5 Å². The van der Waals surface area contributed by atoms with Gasteiger partial charge in [0.05, 0.1) is 5.56 Å². The van der Waals surface area contributed by atoms with E-state index >= 15 is 0 Å². The minimum Gasteiger partial charge on any atom is -0.507 e. The predicted octanol–water partition coefficient (Wildman–Crippen LogP) is 1.06. The lowest BCUT2D eigenvalue weighted by Gasteiger charge is -2.43. The molecular weight excluding hydrogens is 456 g/mol. The zero-order valence-electron chi connectivity index (χ0n) is 19.3. The number of hydrogen-bond acceptors (Lipinski definition) is 12. The van der Waals surface area contributed by atoms with Gasteiger partial charge >= 0.3 is 23.9 Å². The normalized spacial score (nSPS) is 23.9. The Labute approximate surface area is 195 Å². The molecule has 0 radical (unpaired) electrons. The van der Waals surface area contributed by atoms with Gasteiger partial charge in [0.15, 0.2) is 18.0 Å². The average Bonchev–Trinajstić information content (AvgIpc) is 2.69. The second-order valence-corrected chi connectivity index (χ2v) is 7.42. The summed E-state index contributed by atoms with van der Waals surface area (Å²) in [6.45, 7) is 5.32. The third-order valence-corrected chi connectivity index (χ3v) is 4.55. The van der Waals surface area contributed by atoms with Crippen LogP contribution in [0.25, 0.3) is 0 Å². The maximum absolute atomic E-state index is 11.8. The van der Waals surface area contributed by atoms with Crippen LogP contribution in [0.4, 0.5) is 0 Å². The van der Waals surface area contributed by atoms with Crippen molar-refractivity contribution in [1.82, 2.24) is 0 Å². The van der Waals surface area contributed by atoms with Crippen molar-refractivity contribution in [2.24, 2.45) is 0 Å². The van der Waals surface area contributed by atoms with E-state index in [1.807, 2.05) is 0 Å². The van der Waals surface area contributed by atoms with Gasteiger partial charge in [-0.1, -0.05) is 0 Å². The molecule has 5 atom stereocenters. The summed E-state index contributed by atoms with van der Waals surface area (Å²) in [4.78, 5) is 58.3. The minimum absolute atomic E-state index is 0.0170. The molecule has 0 aliphatic carbocycles. The Balaban J connectivity index is 2.47. The molecule has 1 fully saturated rings. The second kappa shape index (κ2) is 11.5. The number of aromatic hydroxyl groups is 1. The number of Topliss-reactive ketones (excluding diaryl/α,β-unsaturated/α-hetero) is 1. The van der Waals surface area contributed by atoms with Gasteiger partial charge in [0, 0.05) is 33.8 Å². The Kier molecular flexibility index (Phi) is 8.96. The minimum atomic E-state index is -1.46. The van der Waals surface area contributed by atoms with Crippen LogP contribution in [0.15, 0.2) is 18.2 Å². The number of esters is 4. The van der Waals surface area contributed by atoms with Gasteiger partial charge in [-0.15, -0.1) is 0 Å². The first-order chi connectivity index (χ1) is 15.9. The third kappa shape index (κ3) is 7.17. The summed E-state index contributed by atoms with van der Waals surface area (Å²) >= 11 is 0. The lowest BCUT2D eigenvalue weighted by Crippen LogP contribution is -2.63. The molecule has 1 aromatic carbocycles. The van der Waals surface area contributed by atoms with Crippen LogP contribution in [0, 0.1) is 0 Å². The molecule has 12 nitrogen and oxygen atoms in total. The van der Waals surface area contributed by atoms with Gasteiger partial charge in [0.1, 0.15) is 24.2 Å². The molecule has 2 rings (SSSR count). The van der Waals surface area contributed by atoms with Crippen molar-refractivity contribution in [3.05, 3.63) is 23.8 Å². The summed E-state index contributed by atoms with van der Waals surface area (Å²) < 4.78 is 32.4. The van der Waals surface area contributed by atoms with Crippen molar-refractivity contribution in [2.45, 2.75) is 65.3 Å². The van der Waals surface area contributed by atoms with Gasteiger partial charge in [-0.25, -0.2) is 0 Å². The zero-order valence-corrected chi connectivity index (χ0v) is 19.3. The van der Waals surface area contributed by atoms with Crippen LogP contribution in [0.3, 0.4) is 0 Å². The van der Waals surface area contributed by atoms with E-state index in [1.54, 1.807) is 0 Å². The molecule has 34 heavy (non-hydrogen) atoms. The highest BCUT2D eigenvalue weighted by molar-refractivity contribution is 5.96. The fraction of sp³-hybridized carbons (Fsp3) is 0.500. The first-order valence-corrected chi connectivity index (χ1v) is 10.2. The highest BCUT2D eigenvalue weighted by atomic mass is 16.7. The lowest BCUT2D eigenvalue weighted by atomic mass is 9.98. The van der Waals surface area contributed by atoms with Crippen LogP contribution >= 0.6 is 0 Å². The number of carbonyl (C=O) groups is 5. The van der Waals surface area contributed by atoms with Crippen LogP contribution in [-0.4, -0.2) is 72.1 Å². The molecule has 1 aromatic rings. The van der Waals surface area contributed by atoms with Crippen molar-refractivity contribution in [2.75, 3.05) is 6.61 Å². The number of phenols is 1. The van der Waals surface area contributed by atoms with Crippen LogP contribution < -0.4 is 4.74 Å². The lowest BCUT2D eigenvalue weighted by molar-refractivity contribution is -0.288. The molecule has 1 heterocycles. The zero-order chi connectivity index (χ0) is 25.6. The molecule has 186 valence electrons. The van der Waals surface area contributed by atoms with Crippen LogP contribution in [0.5, 0.6) is 11.5 Å². The predicted molar refractivity (Wildman–Crippen MR) is 111 cm³/mol. The Morgan fingerprint density at radius 3 is 1.88 bits per heavy atom. The van der Waals surface area contributed by atoms with Crippen molar-refractivity contribution >= 4 is 29.7 Å². The summed E-state index contributed by atoms with van der Waals surface area (Å²) in [5, 5.41) is 10.1. The van der Waals surface area contributed by atoms with Gasteiger partial charge in [-0.2, -0.15) is 0 Å². The number of carbonyl (C=O) groups excluding carboxylic acids is 5. The van der Waals surface area contributed by atoms with Gasteiger partial charge < -0.3 is 33.5 Å². The van der Waals surface area contributed by atoms with E-state index in [0.29, 0.717) is 0 Å². The second-order valence-electron chi connectivity index (χ2n) is 7.42. The average molecular weight is 482 g/mol. The molecule has 1 saturated heterocycles. The molecule has 0 amide bonds. The van der Waals surface area contributed by atoms with Gasteiger partial charge in [-0.3, -0.25) is 24.0 Å². The molecule has 0 aromatic heterocycles. The third-order valence-electron chi connectivity index (χ3n) is 4.55. The monoisotopic (exact) mass is 482 g/mol. The van der Waals surface area contributed by atoms with Crippen molar-refractivity contribution in [3.8, 4) is 11.5 Å². The van der Waals surface area contributed by atoms with Crippen LogP contribution in [0.2, 0.25) is 0 Å². The number of hydrogen-bond donors (Lipinski definition) is 1. The summed E-state index contributed by atoms with van der Waals surface area (Å²) in [5.74, 6) is -3.71. The molecule has 0 saturated carbocycles. The Hall–Kier alpha value is -3.67. The highest BCUT2D eigenvalue weighted by Crippen LogP contribution is 2.32. The number of ketones is 1. The number of benzene rings is 1. The molecule has 1 aliphatic heterocycles. The molecule has 12 heteroatoms. The first-order valence-electron chi connectivity index (χ1n) is 10.2. The summed E-state index contributed by atoms with van der Waals surface area (Å²) in [6, 6.07) is 3.83. The largest absolute Gasteiger partial charge is 0.507 e. The van der Waals surface area contributed by atoms with E-state index in [4.69, 9.17) is 28.4 Å². The van der Waals surface area contributed by atoms with Gasteiger partial charge in [0.25, 0.3) is 0 Å². The quantitative estimate of drug-likeness (QED) is 0.319. The Bertz CT molecular complexity index is 955. The molecule has 0 spiro atoms. The van der Waals surface area contributed by atoms with Crippen LogP contribution in [-0.2, 0) is 42.9 Å². The fourth-order valence-corrected chi connectivity index (χ4v) is 3.30. The van der Waals surface area contributed by atoms with E-state index in [2.05, 4.69) is 0 Å². The molecule has 0 bridgehead atoms. The number of ether oxygens (including phenoxy) is 6. The van der Waals surface area contributed by atoms with Gasteiger partial charge in [0.2, 0.25) is 12.4 Å². The molecule has 0 unspecified atom stereocenters. The first kappa shape index (κ1) is 26.6. The van der Waals surface area contributed by atoms with E-state index in [0.717, 1.165) is 33.8 Å². The standard InChI is InChI=1S/C22H26O12/c1-10(23)16-7-6-15(8-17(16)28)33-22-21(32-14(5)27)20(31-13(4)26)19(30-12(3)25)18(34-22)9-29-11(2)24/h6-8,18-22,28H,9H2,1-5H3/t18-,19-,20+,21-,22-/m1/s1. The Morgan fingerprint density at radius 2 is 1.38 bits per heavy atom. The fourth-order valence-electron chi connectivity index (χ4n) is 3.30. The SMILES string of the molecule is CC(=O)OC[C@H]1O[C@@H](Oc2ccc(C(C)=O)c(O)c2)[C@H](OC(C)=O)[C@@H](OC(C)=O)[C@@H]1OC(C)=O. The maximum atomic E-state index is 11.8. The molecule has 1 aliphatic rings. The topological polar surface area (TPSA) is 161 Å². The van der Waals surface area contributed by atoms with E-state index in [1.165, 1.54) is 19.1 Å².